The van der Waals surface area contributed by atoms with Crippen molar-refractivity contribution in [1.82, 2.24) is 10.3 Å². The van der Waals surface area contributed by atoms with Gasteiger partial charge in [-0.15, -0.1) is 0 Å². The summed E-state index contributed by atoms with van der Waals surface area (Å²) in [7, 11) is 4.05. The van der Waals surface area contributed by atoms with Crippen LogP contribution in [-0.4, -0.2) is 25.1 Å². The Bertz CT molecular complexity index is 348. The zero-order chi connectivity index (χ0) is 10.8. The van der Waals surface area contributed by atoms with Gasteiger partial charge in [0.1, 0.15) is 5.82 Å². The van der Waals surface area contributed by atoms with Crippen molar-refractivity contribution in [3.05, 3.63) is 22.3 Å². The van der Waals surface area contributed by atoms with Crippen LogP contribution in [0.15, 0.2) is 16.7 Å². The van der Waals surface area contributed by atoms with Crippen molar-refractivity contribution in [2.24, 2.45) is 0 Å². The van der Waals surface area contributed by atoms with E-state index in [1.807, 2.05) is 20.3 Å². The van der Waals surface area contributed by atoms with E-state index in [4.69, 9.17) is 0 Å². The maximum Gasteiger partial charge on any atom is 0.132 e. The monoisotopic (exact) mass is 269 g/mol. The summed E-state index contributed by atoms with van der Waals surface area (Å²) < 4.78 is 1.04. The van der Waals surface area contributed by atoms with Gasteiger partial charge in [0.2, 0.25) is 0 Å². The van der Waals surface area contributed by atoms with Gasteiger partial charge in [0.25, 0.3) is 0 Å². The molecule has 0 amide bonds. The molecular formula is C11H16BrN3. The van der Waals surface area contributed by atoms with Crippen LogP contribution >= 0.6 is 15.9 Å². The fourth-order valence-electron chi connectivity index (χ4n) is 1.55. The molecule has 15 heavy (non-hydrogen) atoms. The molecule has 1 aliphatic carbocycles. The Hall–Kier alpha value is -0.610. The molecule has 1 N–H and O–H groups in total. The maximum absolute atomic E-state index is 4.42. The topological polar surface area (TPSA) is 28.2 Å². The van der Waals surface area contributed by atoms with E-state index in [1.54, 1.807) is 0 Å². The molecule has 2 rings (SSSR count). The molecule has 0 saturated heterocycles. The second-order valence-electron chi connectivity index (χ2n) is 4.19. The molecule has 0 radical (unpaired) electrons. The summed E-state index contributed by atoms with van der Waals surface area (Å²) in [5, 5.41) is 3.51. The average molecular weight is 270 g/mol. The third-order valence-corrected chi connectivity index (χ3v) is 2.93. The lowest BCUT2D eigenvalue weighted by Gasteiger charge is -2.16. The predicted octanol–water partition coefficient (Wildman–Crippen LogP) is 2.16. The molecule has 1 aliphatic rings. The van der Waals surface area contributed by atoms with Gasteiger partial charge in [-0.2, -0.15) is 0 Å². The van der Waals surface area contributed by atoms with Gasteiger partial charge in [-0.1, -0.05) is 0 Å². The lowest BCUT2D eigenvalue weighted by atomic mass is 10.2. The molecule has 0 aromatic carbocycles. The number of aromatic nitrogens is 1. The first-order valence-electron chi connectivity index (χ1n) is 5.22. The summed E-state index contributed by atoms with van der Waals surface area (Å²) >= 11 is 3.46. The highest BCUT2D eigenvalue weighted by atomic mass is 79.9. The SMILES string of the molecule is CN(C)c1ncc(Br)cc1CNC1CC1. The maximum atomic E-state index is 4.42. The van der Waals surface area contributed by atoms with E-state index < -0.39 is 0 Å². The lowest BCUT2D eigenvalue weighted by molar-refractivity contribution is 0.684. The van der Waals surface area contributed by atoms with Gasteiger partial charge in [-0.3, -0.25) is 0 Å². The Morgan fingerprint density at radius 1 is 1.53 bits per heavy atom. The molecule has 0 unspecified atom stereocenters. The highest BCUT2D eigenvalue weighted by molar-refractivity contribution is 9.10. The first kappa shape index (κ1) is 10.9. The third-order valence-electron chi connectivity index (χ3n) is 2.49. The van der Waals surface area contributed by atoms with Crippen LogP contribution in [0, 0.1) is 0 Å². The van der Waals surface area contributed by atoms with Gasteiger partial charge < -0.3 is 10.2 Å². The fourth-order valence-corrected chi connectivity index (χ4v) is 1.93. The van der Waals surface area contributed by atoms with Crippen molar-refractivity contribution in [2.45, 2.75) is 25.4 Å². The van der Waals surface area contributed by atoms with Gasteiger partial charge in [-0.05, 0) is 34.8 Å². The van der Waals surface area contributed by atoms with Crippen LogP contribution in [0.25, 0.3) is 0 Å². The number of hydrogen-bond acceptors (Lipinski definition) is 3. The van der Waals surface area contributed by atoms with Crippen molar-refractivity contribution in [2.75, 3.05) is 19.0 Å². The number of halogens is 1. The summed E-state index contributed by atoms with van der Waals surface area (Å²) in [6, 6.07) is 2.87. The van der Waals surface area contributed by atoms with E-state index in [2.05, 4.69) is 37.2 Å². The predicted molar refractivity (Wildman–Crippen MR) is 66.1 cm³/mol. The number of nitrogens with one attached hydrogen (secondary N) is 1. The molecule has 0 atom stereocenters. The summed E-state index contributed by atoms with van der Waals surface area (Å²) in [4.78, 5) is 6.47. The number of rotatable bonds is 4. The largest absolute Gasteiger partial charge is 0.362 e. The van der Waals surface area contributed by atoms with Gasteiger partial charge >= 0.3 is 0 Å². The van der Waals surface area contributed by atoms with E-state index in [9.17, 15) is 0 Å². The van der Waals surface area contributed by atoms with E-state index in [0.29, 0.717) is 0 Å². The van der Waals surface area contributed by atoms with Crippen molar-refractivity contribution in [1.29, 1.82) is 0 Å². The highest BCUT2D eigenvalue weighted by Crippen LogP contribution is 2.23. The van der Waals surface area contributed by atoms with Gasteiger partial charge in [-0.25, -0.2) is 4.98 Å². The third kappa shape index (κ3) is 2.92. The molecule has 1 fully saturated rings. The van der Waals surface area contributed by atoms with Crippen molar-refractivity contribution >= 4 is 21.7 Å². The molecule has 1 aromatic heterocycles. The summed E-state index contributed by atoms with van der Waals surface area (Å²) in [5.74, 6) is 1.05. The first-order valence-corrected chi connectivity index (χ1v) is 6.01. The molecule has 0 bridgehead atoms. The number of pyridine rings is 1. The Balaban J connectivity index is 2.13. The standard InChI is InChI=1S/C11H16BrN3/c1-15(2)11-8(5-9(12)7-14-11)6-13-10-3-4-10/h5,7,10,13H,3-4,6H2,1-2H3. The Kier molecular flexibility index (Phi) is 3.26. The van der Waals surface area contributed by atoms with Gasteiger partial charge in [0, 0.05) is 42.9 Å². The minimum atomic E-state index is 0.735. The van der Waals surface area contributed by atoms with Crippen LogP contribution in [0.3, 0.4) is 0 Å². The van der Waals surface area contributed by atoms with Crippen LogP contribution in [0.4, 0.5) is 5.82 Å². The number of anilines is 1. The Morgan fingerprint density at radius 2 is 2.27 bits per heavy atom. The summed E-state index contributed by atoms with van der Waals surface area (Å²) in [5.41, 5.74) is 1.25. The first-order chi connectivity index (χ1) is 7.16. The molecule has 4 heteroatoms. The second-order valence-corrected chi connectivity index (χ2v) is 5.10. The molecule has 0 aliphatic heterocycles. The van der Waals surface area contributed by atoms with Crippen molar-refractivity contribution in [3.8, 4) is 0 Å². The van der Waals surface area contributed by atoms with Crippen LogP contribution in [0.1, 0.15) is 18.4 Å². The normalized spacial score (nSPS) is 15.4. The summed E-state index contributed by atoms with van der Waals surface area (Å²) in [6.45, 7) is 0.907. The summed E-state index contributed by atoms with van der Waals surface area (Å²) in [6.07, 6.45) is 4.48. The van der Waals surface area contributed by atoms with Crippen molar-refractivity contribution in [3.63, 3.8) is 0 Å². The molecule has 1 saturated carbocycles. The van der Waals surface area contributed by atoms with Crippen LogP contribution in [0.5, 0.6) is 0 Å². The average Bonchev–Trinajstić information content (AvgIpc) is 2.97. The zero-order valence-electron chi connectivity index (χ0n) is 9.13. The van der Waals surface area contributed by atoms with Crippen LogP contribution in [0.2, 0.25) is 0 Å². The second kappa shape index (κ2) is 4.49. The highest BCUT2D eigenvalue weighted by Gasteiger charge is 2.20. The van der Waals surface area contributed by atoms with E-state index in [0.717, 1.165) is 22.9 Å². The minimum absolute atomic E-state index is 0.735. The number of hydrogen-bond donors (Lipinski definition) is 1. The minimum Gasteiger partial charge on any atom is -0.362 e. The quantitative estimate of drug-likeness (QED) is 0.908. The number of nitrogens with zero attached hydrogens (tertiary/aromatic N) is 2. The van der Waals surface area contributed by atoms with Gasteiger partial charge in [0.15, 0.2) is 0 Å². The Morgan fingerprint density at radius 3 is 2.87 bits per heavy atom. The molecular weight excluding hydrogens is 254 g/mol. The van der Waals surface area contributed by atoms with Crippen molar-refractivity contribution < 1.29 is 0 Å². The molecule has 3 nitrogen and oxygen atoms in total. The van der Waals surface area contributed by atoms with Crippen LogP contribution in [-0.2, 0) is 6.54 Å². The fraction of sp³-hybridized carbons (Fsp3) is 0.545. The van der Waals surface area contributed by atoms with Crippen LogP contribution < -0.4 is 10.2 Å². The lowest BCUT2D eigenvalue weighted by Crippen LogP contribution is -2.20. The molecule has 1 aromatic rings. The smallest absolute Gasteiger partial charge is 0.132 e. The molecule has 1 heterocycles. The van der Waals surface area contributed by atoms with Gasteiger partial charge in [0.05, 0.1) is 0 Å². The molecule has 0 spiro atoms. The van der Waals surface area contributed by atoms with E-state index in [-0.39, 0.29) is 0 Å². The zero-order valence-corrected chi connectivity index (χ0v) is 10.7. The van der Waals surface area contributed by atoms with E-state index >= 15 is 0 Å². The van der Waals surface area contributed by atoms with E-state index in [1.165, 1.54) is 18.4 Å². The Labute approximate surface area is 99.0 Å². The molecule has 82 valence electrons.